The molecule has 2 rings (SSSR count). The highest BCUT2D eigenvalue weighted by molar-refractivity contribution is 5.96. The van der Waals surface area contributed by atoms with E-state index < -0.39 is 0 Å². The maximum Gasteiger partial charge on any atom is 0.227 e. The molecule has 4 heteroatoms. The third-order valence-corrected chi connectivity index (χ3v) is 3.02. The van der Waals surface area contributed by atoms with E-state index in [0.29, 0.717) is 6.42 Å². The number of nitrogens with one attached hydrogen (secondary N) is 2. The number of carbonyl (C=O) groups excluding carboxylic acids is 2. The van der Waals surface area contributed by atoms with Crippen molar-refractivity contribution in [3.63, 3.8) is 0 Å². The van der Waals surface area contributed by atoms with Gasteiger partial charge in [0.1, 0.15) is 0 Å². The van der Waals surface area contributed by atoms with Crippen molar-refractivity contribution in [3.8, 4) is 0 Å². The fourth-order valence-corrected chi connectivity index (χ4v) is 2.20. The number of amides is 1. The van der Waals surface area contributed by atoms with Crippen molar-refractivity contribution in [1.29, 1.82) is 0 Å². The summed E-state index contributed by atoms with van der Waals surface area (Å²) in [5.41, 5.74) is -0.374. The monoisotopic (exact) mass is 182 g/mol. The van der Waals surface area contributed by atoms with Crippen molar-refractivity contribution < 1.29 is 9.59 Å². The third-order valence-electron chi connectivity index (χ3n) is 3.02. The van der Waals surface area contributed by atoms with E-state index in [1.54, 1.807) is 0 Å². The van der Waals surface area contributed by atoms with Gasteiger partial charge in [0.15, 0.2) is 5.78 Å². The molecule has 0 aromatic heterocycles. The Morgan fingerprint density at radius 2 is 1.85 bits per heavy atom. The third kappa shape index (κ3) is 1.46. The van der Waals surface area contributed by atoms with Gasteiger partial charge in [0.2, 0.25) is 5.91 Å². The van der Waals surface area contributed by atoms with Crippen LogP contribution >= 0.6 is 0 Å². The maximum absolute atomic E-state index is 11.6. The molecule has 2 aliphatic heterocycles. The molecule has 0 unspecified atom stereocenters. The molecule has 0 saturated carbocycles. The quantitative estimate of drug-likeness (QED) is 0.528. The number of ketones is 1. The van der Waals surface area contributed by atoms with Crippen molar-refractivity contribution in [2.75, 3.05) is 19.6 Å². The smallest absolute Gasteiger partial charge is 0.227 e. The summed E-state index contributed by atoms with van der Waals surface area (Å²) in [5, 5.41) is 5.88. The summed E-state index contributed by atoms with van der Waals surface area (Å²) in [7, 11) is 0. The molecule has 72 valence electrons. The van der Waals surface area contributed by atoms with Gasteiger partial charge in [-0.15, -0.1) is 0 Å². The first-order chi connectivity index (χ1) is 6.23. The SMILES string of the molecule is O=C1CNC(=O)C2(CCNCC2)C1. The van der Waals surface area contributed by atoms with E-state index in [1.165, 1.54) is 0 Å². The summed E-state index contributed by atoms with van der Waals surface area (Å²) >= 11 is 0. The highest BCUT2D eigenvalue weighted by Crippen LogP contribution is 2.34. The van der Waals surface area contributed by atoms with Gasteiger partial charge in [-0.05, 0) is 25.9 Å². The van der Waals surface area contributed by atoms with Gasteiger partial charge < -0.3 is 10.6 Å². The van der Waals surface area contributed by atoms with Crippen LogP contribution in [0.5, 0.6) is 0 Å². The summed E-state index contributed by atoms with van der Waals surface area (Å²) in [5.74, 6) is 0.245. The Balaban J connectivity index is 2.16. The summed E-state index contributed by atoms with van der Waals surface area (Å²) in [6.07, 6.45) is 2.04. The predicted octanol–water partition coefficient (Wildman–Crippen LogP) is -0.555. The Bertz CT molecular complexity index is 244. The molecule has 0 aromatic carbocycles. The first-order valence-corrected chi connectivity index (χ1v) is 4.74. The standard InChI is InChI=1S/C9H14N2O2/c12-7-5-9(8(13)11-6-7)1-3-10-4-2-9/h10H,1-6H2,(H,11,13). The first kappa shape index (κ1) is 8.69. The minimum absolute atomic E-state index is 0.0774. The van der Waals surface area contributed by atoms with E-state index in [0.717, 1.165) is 25.9 Å². The molecule has 2 aliphatic rings. The minimum Gasteiger partial charge on any atom is -0.349 e. The Labute approximate surface area is 77.1 Å². The largest absolute Gasteiger partial charge is 0.349 e. The molecule has 2 saturated heterocycles. The molecular formula is C9H14N2O2. The Hall–Kier alpha value is -0.900. The van der Waals surface area contributed by atoms with Crippen LogP contribution < -0.4 is 10.6 Å². The van der Waals surface area contributed by atoms with Crippen LogP contribution in [0.3, 0.4) is 0 Å². The summed E-state index contributed by atoms with van der Waals surface area (Å²) in [6, 6.07) is 0. The van der Waals surface area contributed by atoms with Crippen LogP contribution in [-0.4, -0.2) is 31.3 Å². The molecule has 0 bridgehead atoms. The lowest BCUT2D eigenvalue weighted by molar-refractivity contribution is -0.142. The van der Waals surface area contributed by atoms with Crippen LogP contribution in [0, 0.1) is 5.41 Å². The average Bonchev–Trinajstić information content (AvgIpc) is 2.14. The average molecular weight is 182 g/mol. The number of piperidine rings is 2. The number of hydrogen-bond donors (Lipinski definition) is 2. The van der Waals surface area contributed by atoms with Crippen LogP contribution in [0.2, 0.25) is 0 Å². The van der Waals surface area contributed by atoms with Crippen molar-refractivity contribution in [3.05, 3.63) is 0 Å². The van der Waals surface area contributed by atoms with Crippen LogP contribution in [-0.2, 0) is 9.59 Å². The number of hydrogen-bond acceptors (Lipinski definition) is 3. The molecule has 0 aromatic rings. The number of Topliss-reactive ketones (excluding diaryl/α,β-unsaturated/α-hetero) is 1. The van der Waals surface area contributed by atoms with Crippen molar-refractivity contribution in [2.24, 2.45) is 5.41 Å². The summed E-state index contributed by atoms with van der Waals surface area (Å²) in [6.45, 7) is 1.93. The van der Waals surface area contributed by atoms with Crippen molar-refractivity contribution in [1.82, 2.24) is 10.6 Å². The molecule has 0 aliphatic carbocycles. The first-order valence-electron chi connectivity index (χ1n) is 4.74. The lowest BCUT2D eigenvalue weighted by atomic mass is 9.72. The van der Waals surface area contributed by atoms with Crippen LogP contribution in [0.25, 0.3) is 0 Å². The zero-order valence-corrected chi connectivity index (χ0v) is 7.56. The van der Waals surface area contributed by atoms with Crippen LogP contribution in [0.4, 0.5) is 0 Å². The summed E-state index contributed by atoms with van der Waals surface area (Å²) in [4.78, 5) is 22.9. The van der Waals surface area contributed by atoms with Gasteiger partial charge in [0.05, 0.1) is 12.0 Å². The molecule has 2 N–H and O–H groups in total. The van der Waals surface area contributed by atoms with E-state index >= 15 is 0 Å². The molecule has 13 heavy (non-hydrogen) atoms. The zero-order chi connectivity index (χ0) is 9.31. The normalized spacial score (nSPS) is 27.4. The van der Waals surface area contributed by atoms with Gasteiger partial charge in [-0.1, -0.05) is 0 Å². The lowest BCUT2D eigenvalue weighted by Crippen LogP contribution is -2.54. The second kappa shape index (κ2) is 3.10. The van der Waals surface area contributed by atoms with E-state index in [-0.39, 0.29) is 23.7 Å². The second-order valence-electron chi connectivity index (χ2n) is 3.93. The van der Waals surface area contributed by atoms with Gasteiger partial charge in [-0.2, -0.15) is 0 Å². The van der Waals surface area contributed by atoms with Gasteiger partial charge in [0, 0.05) is 6.42 Å². The highest BCUT2D eigenvalue weighted by Gasteiger charge is 2.43. The zero-order valence-electron chi connectivity index (χ0n) is 7.56. The Kier molecular flexibility index (Phi) is 2.07. The molecule has 2 fully saturated rings. The van der Waals surface area contributed by atoms with E-state index in [9.17, 15) is 9.59 Å². The van der Waals surface area contributed by atoms with Crippen LogP contribution in [0.1, 0.15) is 19.3 Å². The highest BCUT2D eigenvalue weighted by atomic mass is 16.2. The van der Waals surface area contributed by atoms with E-state index in [4.69, 9.17) is 0 Å². The topological polar surface area (TPSA) is 58.2 Å². The van der Waals surface area contributed by atoms with Gasteiger partial charge >= 0.3 is 0 Å². The Morgan fingerprint density at radius 1 is 1.15 bits per heavy atom. The van der Waals surface area contributed by atoms with E-state index in [1.807, 2.05) is 0 Å². The second-order valence-corrected chi connectivity index (χ2v) is 3.93. The molecule has 1 amide bonds. The van der Waals surface area contributed by atoms with Gasteiger partial charge in [0.25, 0.3) is 0 Å². The molecule has 0 atom stereocenters. The lowest BCUT2D eigenvalue weighted by Gasteiger charge is -2.38. The van der Waals surface area contributed by atoms with Crippen LogP contribution in [0.15, 0.2) is 0 Å². The molecule has 2 heterocycles. The van der Waals surface area contributed by atoms with E-state index in [2.05, 4.69) is 10.6 Å². The summed E-state index contributed by atoms with van der Waals surface area (Å²) < 4.78 is 0. The van der Waals surface area contributed by atoms with Gasteiger partial charge in [-0.3, -0.25) is 9.59 Å². The molecule has 1 spiro atoms. The number of carbonyl (C=O) groups is 2. The van der Waals surface area contributed by atoms with Crippen molar-refractivity contribution >= 4 is 11.7 Å². The number of rotatable bonds is 0. The predicted molar refractivity (Wildman–Crippen MR) is 47.2 cm³/mol. The molecule has 4 nitrogen and oxygen atoms in total. The fraction of sp³-hybridized carbons (Fsp3) is 0.778. The van der Waals surface area contributed by atoms with Gasteiger partial charge in [-0.25, -0.2) is 0 Å². The minimum atomic E-state index is -0.374. The Morgan fingerprint density at radius 3 is 2.54 bits per heavy atom. The molecular weight excluding hydrogens is 168 g/mol. The fourth-order valence-electron chi connectivity index (χ4n) is 2.20. The maximum atomic E-state index is 11.6. The molecule has 0 radical (unpaired) electrons. The van der Waals surface area contributed by atoms with Crippen molar-refractivity contribution in [2.45, 2.75) is 19.3 Å².